The molecule has 0 aliphatic heterocycles. The van der Waals surface area contributed by atoms with Crippen molar-refractivity contribution in [2.24, 2.45) is 0 Å². The van der Waals surface area contributed by atoms with Crippen LogP contribution < -0.4 is 0 Å². The summed E-state index contributed by atoms with van der Waals surface area (Å²) in [5.41, 5.74) is 12.0. The summed E-state index contributed by atoms with van der Waals surface area (Å²) < 4.78 is 7.50. The van der Waals surface area contributed by atoms with E-state index in [9.17, 15) is 0 Å². The SMILES string of the molecule is c1ccc(-c2nc3ccccc3nc2-n2c3cccc4c3c3c5c(ccc6c5c5c-4cccc5n6-c4ccc5sc6cc7ccccc7cc6c5c4)ccc32)cc1. The van der Waals surface area contributed by atoms with E-state index in [0.29, 0.717) is 0 Å². The van der Waals surface area contributed by atoms with Crippen LogP contribution in [0.2, 0.25) is 0 Å². The highest BCUT2D eigenvalue weighted by Crippen LogP contribution is 2.52. The minimum Gasteiger partial charge on any atom is -0.309 e. The van der Waals surface area contributed by atoms with E-state index in [-0.39, 0.29) is 0 Å². The molecular formula is C52H28N4S. The molecule has 0 fully saturated rings. The van der Waals surface area contributed by atoms with Crippen LogP contribution in [-0.4, -0.2) is 19.1 Å². The normalized spacial score (nSPS) is 12.6. The smallest absolute Gasteiger partial charge is 0.165 e. The molecule has 4 heterocycles. The zero-order chi connectivity index (χ0) is 36.9. The Morgan fingerprint density at radius 3 is 1.75 bits per heavy atom. The largest absolute Gasteiger partial charge is 0.309 e. The molecule has 0 N–H and O–H groups in total. The van der Waals surface area contributed by atoms with E-state index in [1.54, 1.807) is 0 Å². The van der Waals surface area contributed by atoms with Gasteiger partial charge in [-0.1, -0.05) is 103 Å². The highest BCUT2D eigenvalue weighted by Gasteiger charge is 2.28. The molecular weight excluding hydrogens is 713 g/mol. The highest BCUT2D eigenvalue weighted by molar-refractivity contribution is 7.25. The fourth-order valence-corrected chi connectivity index (χ4v) is 11.1. The van der Waals surface area contributed by atoms with Crippen molar-refractivity contribution in [2.75, 3.05) is 0 Å². The van der Waals surface area contributed by atoms with Gasteiger partial charge in [0.25, 0.3) is 0 Å². The lowest BCUT2D eigenvalue weighted by Gasteiger charge is -2.14. The van der Waals surface area contributed by atoms with Gasteiger partial charge in [0.15, 0.2) is 5.82 Å². The van der Waals surface area contributed by atoms with E-state index in [1.807, 2.05) is 23.5 Å². The first-order chi connectivity index (χ1) is 28.3. The number of hydrogen-bond acceptors (Lipinski definition) is 3. The van der Waals surface area contributed by atoms with Crippen molar-refractivity contribution < 1.29 is 0 Å². The highest BCUT2D eigenvalue weighted by atomic mass is 32.1. The lowest BCUT2D eigenvalue weighted by molar-refractivity contribution is 1.08. The summed E-state index contributed by atoms with van der Waals surface area (Å²) in [6.45, 7) is 0. The Bertz CT molecular complexity index is 3920. The van der Waals surface area contributed by atoms with Crippen LogP contribution in [-0.2, 0) is 0 Å². The van der Waals surface area contributed by atoms with Crippen molar-refractivity contribution in [3.05, 3.63) is 170 Å². The van der Waals surface area contributed by atoms with Crippen molar-refractivity contribution in [3.8, 4) is 33.9 Å². The fourth-order valence-electron chi connectivity index (χ4n) is 9.99. The van der Waals surface area contributed by atoms with Gasteiger partial charge >= 0.3 is 0 Å². The van der Waals surface area contributed by atoms with Crippen LogP contribution >= 0.6 is 11.3 Å². The molecule has 0 saturated heterocycles. The maximum atomic E-state index is 5.42. The molecule has 4 nitrogen and oxygen atoms in total. The summed E-state index contributed by atoms with van der Waals surface area (Å²) in [6, 6.07) is 62.0. The van der Waals surface area contributed by atoms with E-state index in [2.05, 4.69) is 167 Å². The van der Waals surface area contributed by atoms with Crippen LogP contribution in [0.5, 0.6) is 0 Å². The second kappa shape index (κ2) is 10.7. The molecule has 4 aromatic heterocycles. The molecule has 9 aromatic carbocycles. The predicted octanol–water partition coefficient (Wildman–Crippen LogP) is 14.1. The third-order valence-corrected chi connectivity index (χ3v) is 13.5. The van der Waals surface area contributed by atoms with Crippen molar-refractivity contribution in [3.63, 3.8) is 0 Å². The summed E-state index contributed by atoms with van der Waals surface area (Å²) in [4.78, 5) is 10.7. The molecule has 57 heavy (non-hydrogen) atoms. The van der Waals surface area contributed by atoms with Gasteiger partial charge < -0.3 is 4.57 Å². The Morgan fingerprint density at radius 2 is 1.00 bits per heavy atom. The van der Waals surface area contributed by atoms with Crippen LogP contribution in [0, 0.1) is 0 Å². The molecule has 0 radical (unpaired) electrons. The summed E-state index contributed by atoms with van der Waals surface area (Å²) in [5.74, 6) is 0.837. The molecule has 0 spiro atoms. The predicted molar refractivity (Wildman–Crippen MR) is 241 cm³/mol. The number of fused-ring (bicyclic) bond motifs is 6. The van der Waals surface area contributed by atoms with Gasteiger partial charge in [0.1, 0.15) is 5.69 Å². The number of thiophene rings is 1. The molecule has 0 bridgehead atoms. The average Bonchev–Trinajstić information content (AvgIpc) is 3.89. The van der Waals surface area contributed by atoms with Crippen LogP contribution in [0.4, 0.5) is 0 Å². The van der Waals surface area contributed by atoms with E-state index < -0.39 is 0 Å². The quantitative estimate of drug-likeness (QED) is 0.181. The minimum atomic E-state index is 0.837. The summed E-state index contributed by atoms with van der Waals surface area (Å²) in [6.07, 6.45) is 0. The van der Waals surface area contributed by atoms with Crippen LogP contribution in [0.25, 0.3) is 130 Å². The molecule has 5 heteroatoms. The number of hydrogen-bond donors (Lipinski definition) is 0. The first-order valence-corrected chi connectivity index (χ1v) is 20.2. The Balaban J connectivity index is 1.12. The van der Waals surface area contributed by atoms with Crippen molar-refractivity contribution >= 4 is 108 Å². The second-order valence-electron chi connectivity index (χ2n) is 15.3. The molecule has 13 aromatic rings. The Hall–Kier alpha value is -7.34. The van der Waals surface area contributed by atoms with Crippen molar-refractivity contribution in [1.82, 2.24) is 19.1 Å². The van der Waals surface area contributed by atoms with E-state index in [4.69, 9.17) is 9.97 Å². The first-order valence-electron chi connectivity index (χ1n) is 19.4. The monoisotopic (exact) mass is 740 g/mol. The van der Waals surface area contributed by atoms with Gasteiger partial charge in [0, 0.05) is 58.4 Å². The summed E-state index contributed by atoms with van der Waals surface area (Å²) in [5, 5.41) is 12.8. The van der Waals surface area contributed by atoms with Crippen LogP contribution in [0.3, 0.4) is 0 Å². The Kier molecular flexibility index (Phi) is 5.62. The second-order valence-corrected chi connectivity index (χ2v) is 16.4. The van der Waals surface area contributed by atoms with Gasteiger partial charge in [-0.05, 0) is 94.0 Å². The van der Waals surface area contributed by atoms with Gasteiger partial charge in [-0.25, -0.2) is 9.97 Å². The lowest BCUT2D eigenvalue weighted by Crippen LogP contribution is -2.03. The molecule has 0 atom stereocenters. The maximum Gasteiger partial charge on any atom is 0.165 e. The lowest BCUT2D eigenvalue weighted by atomic mass is 9.98. The van der Waals surface area contributed by atoms with Gasteiger partial charge in [-0.3, -0.25) is 4.57 Å². The zero-order valence-corrected chi connectivity index (χ0v) is 31.2. The van der Waals surface area contributed by atoms with Crippen LogP contribution in [0.1, 0.15) is 0 Å². The minimum absolute atomic E-state index is 0.837. The fraction of sp³-hybridized carbons (Fsp3) is 0. The van der Waals surface area contributed by atoms with Gasteiger partial charge in [0.05, 0.1) is 33.1 Å². The molecule has 262 valence electrons. The number of para-hydroxylation sites is 2. The van der Waals surface area contributed by atoms with E-state index >= 15 is 0 Å². The van der Waals surface area contributed by atoms with Crippen LogP contribution in [0.15, 0.2) is 170 Å². The molecule has 14 rings (SSSR count). The molecule has 0 saturated carbocycles. The summed E-state index contributed by atoms with van der Waals surface area (Å²) >= 11 is 1.88. The number of rotatable bonds is 3. The number of aromatic nitrogens is 4. The number of nitrogens with zero attached hydrogens (tertiary/aromatic N) is 4. The standard InChI is InChI=1S/C52H28N4S/c1-2-10-30(11-3-1)51-52(54-39-17-7-6-16-38(39)53-51)56-41-19-9-15-35-34-14-8-18-40-47(34)49-42(23-20-29-21-24-43(56)50(46(29)49)48(35)41)55(40)33-22-25-44-37(28-33)36-26-31-12-4-5-13-32(31)27-45(36)57-44/h1-28H. The maximum absolute atomic E-state index is 5.42. The van der Waals surface area contributed by atoms with Gasteiger partial charge in [-0.2, -0.15) is 0 Å². The molecule has 0 unspecified atom stereocenters. The zero-order valence-electron chi connectivity index (χ0n) is 30.4. The van der Waals surface area contributed by atoms with Crippen molar-refractivity contribution in [2.45, 2.75) is 0 Å². The molecule has 1 aliphatic rings. The average molecular weight is 741 g/mol. The molecule has 1 aliphatic carbocycles. The topological polar surface area (TPSA) is 35.6 Å². The summed E-state index contributed by atoms with van der Waals surface area (Å²) in [7, 11) is 0. The first kappa shape index (κ1) is 29.9. The van der Waals surface area contributed by atoms with Gasteiger partial charge in [0.2, 0.25) is 0 Å². The third-order valence-electron chi connectivity index (χ3n) is 12.4. The molecule has 0 amide bonds. The Labute approximate surface area is 329 Å². The van der Waals surface area contributed by atoms with Gasteiger partial charge in [-0.15, -0.1) is 11.3 Å². The number of benzene rings is 9. The van der Waals surface area contributed by atoms with E-state index in [0.717, 1.165) is 39.1 Å². The van der Waals surface area contributed by atoms with E-state index in [1.165, 1.54) is 91.1 Å². The van der Waals surface area contributed by atoms with Crippen molar-refractivity contribution in [1.29, 1.82) is 0 Å². The third kappa shape index (κ3) is 3.86. The Morgan fingerprint density at radius 1 is 0.386 bits per heavy atom.